The van der Waals surface area contributed by atoms with Gasteiger partial charge in [0, 0.05) is 0 Å². The van der Waals surface area contributed by atoms with E-state index < -0.39 is 15.5 Å². The fraction of sp³-hybridized carbons (Fsp3) is 1.00. The lowest BCUT2D eigenvalue weighted by molar-refractivity contribution is 0.108. The quantitative estimate of drug-likeness (QED) is 0.660. The number of rotatable bonds is 1. The Morgan fingerprint density at radius 1 is 1.54 bits per heavy atom. The van der Waals surface area contributed by atoms with Crippen molar-refractivity contribution in [2.75, 3.05) is 11.5 Å². The molecule has 0 spiro atoms. The fourth-order valence-electron chi connectivity index (χ4n) is 1.90. The van der Waals surface area contributed by atoms with Crippen LogP contribution in [0.3, 0.4) is 0 Å². The van der Waals surface area contributed by atoms with Crippen molar-refractivity contribution in [2.24, 2.45) is 5.92 Å². The van der Waals surface area contributed by atoms with Crippen molar-refractivity contribution in [1.82, 2.24) is 0 Å². The summed E-state index contributed by atoms with van der Waals surface area (Å²) in [6.07, 6.45) is 1.59. The first kappa shape index (κ1) is 11.0. The monoisotopic (exact) mass is 208 g/mol. The molecule has 1 heterocycles. The Morgan fingerprint density at radius 2 is 2.15 bits per heavy atom. The van der Waals surface area contributed by atoms with Crippen molar-refractivity contribution in [3.05, 3.63) is 0 Å². The summed E-state index contributed by atoms with van der Waals surface area (Å²) in [5.41, 5.74) is -1.49. The van der Waals surface area contributed by atoms with Gasteiger partial charge in [-0.15, -0.1) is 0 Å². The number of hydrogen-bond donors (Lipinski definition) is 0. The zero-order valence-corrected chi connectivity index (χ0v) is 9.03. The molecule has 78 valence electrons. The lowest BCUT2D eigenvalue weighted by Gasteiger charge is -2.27. The average Bonchev–Trinajstić information content (AvgIpc) is 2.11. The van der Waals surface area contributed by atoms with Crippen molar-refractivity contribution in [3.8, 4) is 0 Å². The largest absolute Gasteiger partial charge is 0.242 e. The summed E-state index contributed by atoms with van der Waals surface area (Å²) >= 11 is 0. The molecule has 0 aromatic carbocycles. The molecular formula is C9H17FO2S. The predicted octanol–water partition coefficient (Wildman–Crippen LogP) is 1.95. The van der Waals surface area contributed by atoms with Crippen LogP contribution in [0.25, 0.3) is 0 Å². The molecule has 0 aromatic heterocycles. The second-order valence-electron chi connectivity index (χ2n) is 4.02. The van der Waals surface area contributed by atoms with Crippen LogP contribution in [0.4, 0.5) is 4.39 Å². The number of alkyl halides is 1. The first-order valence-electron chi connectivity index (χ1n) is 4.79. The van der Waals surface area contributed by atoms with E-state index in [-0.39, 0.29) is 17.4 Å². The first-order valence-corrected chi connectivity index (χ1v) is 6.61. The van der Waals surface area contributed by atoms with Crippen LogP contribution in [0.15, 0.2) is 0 Å². The molecule has 4 heteroatoms. The summed E-state index contributed by atoms with van der Waals surface area (Å²) in [5, 5.41) is 0. The normalized spacial score (nSPS) is 39.8. The van der Waals surface area contributed by atoms with Crippen molar-refractivity contribution in [1.29, 1.82) is 0 Å². The van der Waals surface area contributed by atoms with Crippen molar-refractivity contribution in [2.45, 2.75) is 38.8 Å². The molecule has 13 heavy (non-hydrogen) atoms. The van der Waals surface area contributed by atoms with Crippen LogP contribution in [-0.4, -0.2) is 25.6 Å². The summed E-state index contributed by atoms with van der Waals surface area (Å²) in [5.74, 6) is -0.254. The van der Waals surface area contributed by atoms with Gasteiger partial charge in [-0.05, 0) is 25.2 Å². The van der Waals surface area contributed by atoms with E-state index in [1.807, 2.05) is 6.92 Å². The SMILES string of the molecule is CCC1(F)CS(=O)(=O)CCCC1C. The Morgan fingerprint density at radius 3 is 2.69 bits per heavy atom. The molecule has 0 amide bonds. The Hall–Kier alpha value is -0.120. The van der Waals surface area contributed by atoms with Crippen molar-refractivity contribution in [3.63, 3.8) is 0 Å². The summed E-state index contributed by atoms with van der Waals surface area (Å²) in [6.45, 7) is 3.53. The van der Waals surface area contributed by atoms with Gasteiger partial charge in [0.25, 0.3) is 0 Å². The molecule has 1 aliphatic rings. The Kier molecular flexibility index (Phi) is 3.00. The molecule has 1 aliphatic heterocycles. The minimum atomic E-state index is -3.15. The minimum Gasteiger partial charge on any atom is -0.242 e. The van der Waals surface area contributed by atoms with Gasteiger partial charge in [0.15, 0.2) is 9.84 Å². The van der Waals surface area contributed by atoms with Crippen LogP contribution in [-0.2, 0) is 9.84 Å². The maximum atomic E-state index is 14.1. The molecule has 0 saturated carbocycles. The molecule has 1 rings (SSSR count). The Bertz CT molecular complexity index is 273. The summed E-state index contributed by atoms with van der Waals surface area (Å²) in [6, 6.07) is 0. The third-order valence-corrected chi connectivity index (χ3v) is 4.85. The maximum Gasteiger partial charge on any atom is 0.153 e. The highest BCUT2D eigenvalue weighted by Crippen LogP contribution is 2.34. The first-order chi connectivity index (χ1) is 5.90. The average molecular weight is 208 g/mol. The van der Waals surface area contributed by atoms with E-state index in [0.29, 0.717) is 19.3 Å². The molecule has 2 atom stereocenters. The van der Waals surface area contributed by atoms with Gasteiger partial charge < -0.3 is 0 Å². The molecule has 1 fully saturated rings. The van der Waals surface area contributed by atoms with Crippen molar-refractivity contribution >= 4 is 9.84 Å². The van der Waals surface area contributed by atoms with E-state index in [0.717, 1.165) is 0 Å². The molecule has 0 radical (unpaired) electrons. The van der Waals surface area contributed by atoms with Gasteiger partial charge >= 0.3 is 0 Å². The van der Waals surface area contributed by atoms with Gasteiger partial charge in [-0.1, -0.05) is 13.8 Å². The van der Waals surface area contributed by atoms with Gasteiger partial charge in [-0.25, -0.2) is 12.8 Å². The van der Waals surface area contributed by atoms with Crippen LogP contribution in [0.2, 0.25) is 0 Å². The molecule has 0 N–H and O–H groups in total. The third kappa shape index (κ3) is 2.42. The van der Waals surface area contributed by atoms with Crippen molar-refractivity contribution < 1.29 is 12.8 Å². The highest BCUT2D eigenvalue weighted by Gasteiger charge is 2.40. The second kappa shape index (κ2) is 3.56. The van der Waals surface area contributed by atoms with E-state index in [4.69, 9.17) is 0 Å². The van der Waals surface area contributed by atoms with Crippen LogP contribution in [0, 0.1) is 5.92 Å². The molecule has 1 saturated heterocycles. The van der Waals surface area contributed by atoms with E-state index in [1.54, 1.807) is 6.92 Å². The lowest BCUT2D eigenvalue weighted by atomic mass is 9.87. The summed E-state index contributed by atoms with van der Waals surface area (Å²) in [7, 11) is -3.15. The zero-order chi connectivity index (χ0) is 10.1. The maximum absolute atomic E-state index is 14.1. The summed E-state index contributed by atoms with van der Waals surface area (Å²) < 4.78 is 36.8. The highest BCUT2D eigenvalue weighted by atomic mass is 32.2. The standard InChI is InChI=1S/C9H17FO2S/c1-3-9(10)7-13(11,12)6-4-5-8(9)2/h8H,3-7H2,1-2H3. The predicted molar refractivity (Wildman–Crippen MR) is 51.2 cm³/mol. The van der Waals surface area contributed by atoms with E-state index >= 15 is 0 Å². The fourth-order valence-corrected chi connectivity index (χ4v) is 3.87. The zero-order valence-electron chi connectivity index (χ0n) is 8.22. The van der Waals surface area contributed by atoms with Crippen LogP contribution in [0.1, 0.15) is 33.1 Å². The molecular weight excluding hydrogens is 191 g/mol. The van der Waals surface area contributed by atoms with Gasteiger partial charge in [0.1, 0.15) is 5.67 Å². The molecule has 0 bridgehead atoms. The van der Waals surface area contributed by atoms with Crippen LogP contribution in [0.5, 0.6) is 0 Å². The second-order valence-corrected chi connectivity index (χ2v) is 6.21. The Labute approximate surface area is 79.4 Å². The van der Waals surface area contributed by atoms with Crippen LogP contribution < -0.4 is 0 Å². The lowest BCUT2D eigenvalue weighted by Crippen LogP contribution is -2.36. The third-order valence-electron chi connectivity index (χ3n) is 3.02. The Balaban J connectivity index is 2.92. The van der Waals surface area contributed by atoms with E-state index in [1.165, 1.54) is 0 Å². The van der Waals surface area contributed by atoms with Gasteiger partial charge in [0.05, 0.1) is 11.5 Å². The smallest absolute Gasteiger partial charge is 0.153 e. The van der Waals surface area contributed by atoms with Crippen LogP contribution >= 0.6 is 0 Å². The molecule has 0 aliphatic carbocycles. The number of halogens is 1. The summed E-state index contributed by atoms with van der Waals surface area (Å²) in [4.78, 5) is 0. The highest BCUT2D eigenvalue weighted by molar-refractivity contribution is 7.91. The molecule has 0 aromatic rings. The van der Waals surface area contributed by atoms with E-state index in [2.05, 4.69) is 0 Å². The van der Waals surface area contributed by atoms with Gasteiger partial charge in [0.2, 0.25) is 0 Å². The van der Waals surface area contributed by atoms with Gasteiger partial charge in [-0.2, -0.15) is 0 Å². The molecule has 2 nitrogen and oxygen atoms in total. The minimum absolute atomic E-state index is 0.130. The number of hydrogen-bond acceptors (Lipinski definition) is 2. The van der Waals surface area contributed by atoms with Gasteiger partial charge in [-0.3, -0.25) is 0 Å². The number of sulfone groups is 1. The topological polar surface area (TPSA) is 34.1 Å². The molecule has 2 unspecified atom stereocenters. The van der Waals surface area contributed by atoms with E-state index in [9.17, 15) is 12.8 Å².